The summed E-state index contributed by atoms with van der Waals surface area (Å²) in [5, 5.41) is 2.98. The highest BCUT2D eigenvalue weighted by Crippen LogP contribution is 2.18. The number of hydrogen-bond acceptors (Lipinski definition) is 4. The lowest BCUT2D eigenvalue weighted by molar-refractivity contribution is -0.117. The van der Waals surface area contributed by atoms with Gasteiger partial charge in [-0.25, -0.2) is 0 Å². The number of carbonyl (C=O) groups excluding carboxylic acids is 1. The van der Waals surface area contributed by atoms with Crippen LogP contribution in [0.3, 0.4) is 0 Å². The third kappa shape index (κ3) is 4.06. The van der Waals surface area contributed by atoms with Gasteiger partial charge in [-0.1, -0.05) is 18.2 Å². The molecular formula is C19H24N4O. The minimum atomic E-state index is 0.0241. The maximum Gasteiger partial charge on any atom is 0.238 e. The Bertz CT molecular complexity index is 694. The van der Waals surface area contributed by atoms with Crippen LogP contribution in [0.5, 0.6) is 0 Å². The summed E-state index contributed by atoms with van der Waals surface area (Å²) >= 11 is 0. The van der Waals surface area contributed by atoms with Crippen molar-refractivity contribution in [1.29, 1.82) is 0 Å². The van der Waals surface area contributed by atoms with Crippen molar-refractivity contribution in [3.8, 4) is 0 Å². The van der Waals surface area contributed by atoms with Crippen molar-refractivity contribution in [2.45, 2.75) is 6.92 Å². The number of benzene rings is 2. The van der Waals surface area contributed by atoms with Gasteiger partial charge in [0.1, 0.15) is 0 Å². The summed E-state index contributed by atoms with van der Waals surface area (Å²) in [6, 6.07) is 15.9. The molecule has 1 amide bonds. The molecule has 0 saturated carbocycles. The van der Waals surface area contributed by atoms with E-state index in [0.29, 0.717) is 12.2 Å². The largest absolute Gasteiger partial charge is 0.399 e. The molecule has 0 radical (unpaired) electrons. The van der Waals surface area contributed by atoms with E-state index in [2.05, 4.69) is 39.4 Å². The Labute approximate surface area is 143 Å². The summed E-state index contributed by atoms with van der Waals surface area (Å²) in [5.74, 6) is 0.0241. The van der Waals surface area contributed by atoms with Gasteiger partial charge < -0.3 is 16.0 Å². The topological polar surface area (TPSA) is 61.6 Å². The lowest BCUT2D eigenvalue weighted by atomic mass is 10.2. The number of anilines is 3. The molecule has 1 heterocycles. The van der Waals surface area contributed by atoms with Crippen LogP contribution in [-0.2, 0) is 4.79 Å². The number of para-hydroxylation sites is 1. The number of nitrogens with two attached hydrogens (primary N) is 1. The molecule has 2 aromatic rings. The SMILES string of the molecule is Cc1cc(N)ccc1NC(=O)CN1CCN(c2ccccc2)CC1. The van der Waals surface area contributed by atoms with Gasteiger partial charge in [0.2, 0.25) is 5.91 Å². The molecule has 1 saturated heterocycles. The Kier molecular flexibility index (Phi) is 5.01. The van der Waals surface area contributed by atoms with Crippen LogP contribution in [0.15, 0.2) is 48.5 Å². The molecule has 5 heteroatoms. The molecule has 3 N–H and O–H groups in total. The number of nitrogens with one attached hydrogen (secondary N) is 1. The zero-order valence-electron chi connectivity index (χ0n) is 14.0. The zero-order chi connectivity index (χ0) is 16.9. The molecule has 1 aliphatic heterocycles. The van der Waals surface area contributed by atoms with Crippen LogP contribution < -0.4 is 16.0 Å². The molecule has 0 bridgehead atoms. The lowest BCUT2D eigenvalue weighted by Gasteiger charge is -2.35. The van der Waals surface area contributed by atoms with Crippen molar-refractivity contribution in [2.24, 2.45) is 0 Å². The van der Waals surface area contributed by atoms with Gasteiger partial charge in [-0.3, -0.25) is 9.69 Å². The molecule has 1 fully saturated rings. The first kappa shape index (κ1) is 16.3. The average Bonchev–Trinajstić information content (AvgIpc) is 2.59. The van der Waals surface area contributed by atoms with E-state index in [-0.39, 0.29) is 5.91 Å². The molecule has 0 unspecified atom stereocenters. The van der Waals surface area contributed by atoms with Crippen molar-refractivity contribution in [2.75, 3.05) is 48.7 Å². The second kappa shape index (κ2) is 7.36. The van der Waals surface area contributed by atoms with Crippen molar-refractivity contribution in [3.63, 3.8) is 0 Å². The van der Waals surface area contributed by atoms with Gasteiger partial charge in [0.25, 0.3) is 0 Å². The molecule has 0 aromatic heterocycles. The van der Waals surface area contributed by atoms with Crippen LogP contribution in [-0.4, -0.2) is 43.5 Å². The monoisotopic (exact) mass is 324 g/mol. The summed E-state index contributed by atoms with van der Waals surface area (Å²) < 4.78 is 0. The first-order chi connectivity index (χ1) is 11.6. The van der Waals surface area contributed by atoms with E-state index in [9.17, 15) is 4.79 Å². The number of nitrogens with zero attached hydrogens (tertiary/aromatic N) is 2. The van der Waals surface area contributed by atoms with Crippen LogP contribution in [0.1, 0.15) is 5.56 Å². The molecule has 0 spiro atoms. The molecule has 1 aliphatic rings. The van der Waals surface area contributed by atoms with Crippen LogP contribution in [0.4, 0.5) is 17.1 Å². The Morgan fingerprint density at radius 3 is 2.46 bits per heavy atom. The smallest absolute Gasteiger partial charge is 0.238 e. The fraction of sp³-hybridized carbons (Fsp3) is 0.316. The highest BCUT2D eigenvalue weighted by atomic mass is 16.2. The van der Waals surface area contributed by atoms with Crippen molar-refractivity contribution < 1.29 is 4.79 Å². The van der Waals surface area contributed by atoms with Gasteiger partial charge >= 0.3 is 0 Å². The van der Waals surface area contributed by atoms with Gasteiger partial charge in [0.05, 0.1) is 6.54 Å². The fourth-order valence-electron chi connectivity index (χ4n) is 3.02. The predicted octanol–water partition coefficient (Wildman–Crippen LogP) is 2.34. The number of hydrogen-bond donors (Lipinski definition) is 2. The standard InChI is InChI=1S/C19H24N4O/c1-15-13-16(20)7-8-18(15)21-19(24)14-22-9-11-23(12-10-22)17-5-3-2-4-6-17/h2-8,13H,9-12,14,20H2,1H3,(H,21,24). The van der Waals surface area contributed by atoms with Gasteiger partial charge in [-0.05, 0) is 42.8 Å². The molecule has 5 nitrogen and oxygen atoms in total. The molecule has 3 rings (SSSR count). The maximum atomic E-state index is 12.3. The molecule has 24 heavy (non-hydrogen) atoms. The van der Waals surface area contributed by atoms with Crippen LogP contribution in [0, 0.1) is 6.92 Å². The van der Waals surface area contributed by atoms with Crippen LogP contribution >= 0.6 is 0 Å². The highest BCUT2D eigenvalue weighted by Gasteiger charge is 2.19. The quantitative estimate of drug-likeness (QED) is 0.848. The third-order valence-electron chi connectivity index (χ3n) is 4.39. The molecule has 2 aromatic carbocycles. The number of nitrogen functional groups attached to an aromatic ring is 1. The van der Waals surface area contributed by atoms with Gasteiger partial charge in [-0.15, -0.1) is 0 Å². The summed E-state index contributed by atoms with van der Waals surface area (Å²) in [4.78, 5) is 16.8. The first-order valence-electron chi connectivity index (χ1n) is 8.30. The van der Waals surface area contributed by atoms with Gasteiger partial charge in [0, 0.05) is 43.2 Å². The lowest BCUT2D eigenvalue weighted by Crippen LogP contribution is -2.48. The minimum absolute atomic E-state index is 0.0241. The van der Waals surface area contributed by atoms with E-state index in [1.54, 1.807) is 6.07 Å². The molecule has 0 atom stereocenters. The summed E-state index contributed by atoms with van der Waals surface area (Å²) in [7, 11) is 0. The van der Waals surface area contributed by atoms with Crippen LogP contribution in [0.2, 0.25) is 0 Å². The first-order valence-corrected chi connectivity index (χ1v) is 8.30. The number of amides is 1. The van der Waals surface area contributed by atoms with Crippen LogP contribution in [0.25, 0.3) is 0 Å². The Hall–Kier alpha value is -2.53. The van der Waals surface area contributed by atoms with Gasteiger partial charge in [-0.2, -0.15) is 0 Å². The summed E-state index contributed by atoms with van der Waals surface area (Å²) in [6.07, 6.45) is 0. The van der Waals surface area contributed by atoms with E-state index in [1.807, 2.05) is 25.1 Å². The number of carbonyl (C=O) groups is 1. The fourth-order valence-corrected chi connectivity index (χ4v) is 3.02. The third-order valence-corrected chi connectivity index (χ3v) is 4.39. The normalized spacial score (nSPS) is 15.3. The number of piperazine rings is 1. The molecular weight excluding hydrogens is 300 g/mol. The summed E-state index contributed by atoms with van der Waals surface area (Å²) in [5.41, 5.74) is 9.52. The van der Waals surface area contributed by atoms with E-state index < -0.39 is 0 Å². The molecule has 0 aliphatic carbocycles. The maximum absolute atomic E-state index is 12.3. The number of rotatable bonds is 4. The van der Waals surface area contributed by atoms with Crippen molar-refractivity contribution in [3.05, 3.63) is 54.1 Å². The van der Waals surface area contributed by atoms with E-state index in [4.69, 9.17) is 5.73 Å². The van der Waals surface area contributed by atoms with E-state index in [1.165, 1.54) is 5.69 Å². The Morgan fingerprint density at radius 1 is 1.08 bits per heavy atom. The van der Waals surface area contributed by atoms with Crippen molar-refractivity contribution in [1.82, 2.24) is 4.90 Å². The second-order valence-electron chi connectivity index (χ2n) is 6.22. The van der Waals surface area contributed by atoms with E-state index in [0.717, 1.165) is 37.4 Å². The zero-order valence-corrected chi connectivity index (χ0v) is 14.0. The second-order valence-corrected chi connectivity index (χ2v) is 6.22. The molecule has 126 valence electrons. The van der Waals surface area contributed by atoms with E-state index >= 15 is 0 Å². The Morgan fingerprint density at radius 2 is 1.79 bits per heavy atom. The average molecular weight is 324 g/mol. The predicted molar refractivity (Wildman–Crippen MR) is 99.3 cm³/mol. The minimum Gasteiger partial charge on any atom is -0.399 e. The van der Waals surface area contributed by atoms with Gasteiger partial charge in [0.15, 0.2) is 0 Å². The van der Waals surface area contributed by atoms with Crippen molar-refractivity contribution >= 4 is 23.0 Å². The summed E-state index contributed by atoms with van der Waals surface area (Å²) in [6.45, 7) is 6.04. The highest BCUT2D eigenvalue weighted by molar-refractivity contribution is 5.93. The Balaban J connectivity index is 1.50. The number of aryl methyl sites for hydroxylation is 1.